The van der Waals surface area contributed by atoms with Crippen LogP contribution in [0.5, 0.6) is 0 Å². The molecule has 1 saturated heterocycles. The van der Waals surface area contributed by atoms with E-state index in [1.54, 1.807) is 36.3 Å². The molecule has 8 nitrogen and oxygen atoms in total. The Morgan fingerprint density at radius 1 is 1.11 bits per heavy atom. The highest BCUT2D eigenvalue weighted by atomic mass is 32.2. The smallest absolute Gasteiger partial charge is 0.354 e. The van der Waals surface area contributed by atoms with Crippen LogP contribution < -0.4 is 4.90 Å². The molecular formula is C15H19F3N6O2S. The summed E-state index contributed by atoms with van der Waals surface area (Å²) < 4.78 is 64.0. The molecule has 1 fully saturated rings. The zero-order valence-electron chi connectivity index (χ0n) is 14.6. The van der Waals surface area contributed by atoms with E-state index in [1.807, 2.05) is 4.90 Å². The minimum Gasteiger partial charge on any atom is -0.354 e. The minimum absolute atomic E-state index is 0.115. The molecule has 148 valence electrons. The van der Waals surface area contributed by atoms with Gasteiger partial charge in [-0.1, -0.05) is 0 Å². The maximum atomic E-state index is 12.3. The first-order valence-corrected chi connectivity index (χ1v) is 9.88. The van der Waals surface area contributed by atoms with Gasteiger partial charge in [0.25, 0.3) is 0 Å². The first-order valence-electron chi connectivity index (χ1n) is 8.28. The normalized spacial score (nSPS) is 16.7. The molecule has 12 heteroatoms. The Hall–Kier alpha value is -2.21. The quantitative estimate of drug-likeness (QED) is 0.749. The lowest BCUT2D eigenvalue weighted by atomic mass is 10.3. The van der Waals surface area contributed by atoms with E-state index in [0.717, 1.165) is 4.31 Å². The second kappa shape index (κ2) is 7.43. The first-order chi connectivity index (χ1) is 12.6. The predicted octanol–water partition coefficient (Wildman–Crippen LogP) is 1.37. The predicted molar refractivity (Wildman–Crippen MR) is 92.1 cm³/mol. The second-order valence-electron chi connectivity index (χ2n) is 6.17. The van der Waals surface area contributed by atoms with Crippen molar-refractivity contribution in [2.75, 3.05) is 36.8 Å². The summed E-state index contributed by atoms with van der Waals surface area (Å²) in [6.45, 7) is 2.66. The molecule has 0 bridgehead atoms. The fraction of sp³-hybridized carbons (Fsp3) is 0.533. The van der Waals surface area contributed by atoms with Gasteiger partial charge in [0, 0.05) is 44.6 Å². The molecule has 0 aliphatic carbocycles. The van der Waals surface area contributed by atoms with Gasteiger partial charge in [-0.05, 0) is 6.92 Å². The first kappa shape index (κ1) is 19.5. The SMILES string of the molecule is Cc1nc(N2CCN(S(=O)(=O)CCC(F)(F)F)CC2)cc(-n2ccnc2)n1. The van der Waals surface area contributed by atoms with Crippen molar-refractivity contribution in [2.24, 2.45) is 0 Å². The monoisotopic (exact) mass is 404 g/mol. The van der Waals surface area contributed by atoms with Crippen LogP contribution in [-0.2, 0) is 10.0 Å². The van der Waals surface area contributed by atoms with Crippen LogP contribution in [0.2, 0.25) is 0 Å². The summed E-state index contributed by atoms with van der Waals surface area (Å²) in [7, 11) is -3.93. The average Bonchev–Trinajstić information content (AvgIpc) is 3.14. The third kappa shape index (κ3) is 4.95. The molecule has 0 amide bonds. The number of aromatic nitrogens is 4. The fourth-order valence-electron chi connectivity index (χ4n) is 2.79. The maximum absolute atomic E-state index is 12.3. The van der Waals surface area contributed by atoms with Crippen LogP contribution in [-0.4, -0.2) is 70.4 Å². The van der Waals surface area contributed by atoms with Gasteiger partial charge in [-0.25, -0.2) is 23.4 Å². The number of nitrogens with zero attached hydrogens (tertiary/aromatic N) is 6. The molecule has 3 rings (SSSR count). The van der Waals surface area contributed by atoms with Crippen LogP contribution >= 0.6 is 0 Å². The number of hydrogen-bond donors (Lipinski definition) is 0. The molecule has 2 aromatic heterocycles. The third-order valence-corrected chi connectivity index (χ3v) is 6.05. The molecule has 0 saturated carbocycles. The van der Waals surface area contributed by atoms with Crippen molar-refractivity contribution in [3.8, 4) is 5.82 Å². The number of aryl methyl sites for hydroxylation is 1. The van der Waals surface area contributed by atoms with E-state index in [9.17, 15) is 21.6 Å². The van der Waals surface area contributed by atoms with Crippen molar-refractivity contribution in [3.05, 3.63) is 30.6 Å². The van der Waals surface area contributed by atoms with E-state index in [2.05, 4.69) is 15.0 Å². The standard InChI is InChI=1S/C15H19F3N6O2S/c1-12-20-13(10-14(21-12)23-4-3-19-11-23)22-5-7-24(8-6-22)27(25,26)9-2-15(16,17)18/h3-4,10-11H,2,5-9H2,1H3. The number of anilines is 1. The molecule has 0 aromatic carbocycles. The second-order valence-corrected chi connectivity index (χ2v) is 8.26. The molecule has 27 heavy (non-hydrogen) atoms. The van der Waals surface area contributed by atoms with Crippen LogP contribution in [0.3, 0.4) is 0 Å². The molecule has 0 N–H and O–H groups in total. The van der Waals surface area contributed by atoms with Gasteiger partial charge < -0.3 is 4.90 Å². The van der Waals surface area contributed by atoms with Crippen LogP contribution in [0.4, 0.5) is 19.0 Å². The van der Waals surface area contributed by atoms with E-state index < -0.39 is 28.4 Å². The van der Waals surface area contributed by atoms with Gasteiger partial charge in [0.15, 0.2) is 0 Å². The topological polar surface area (TPSA) is 84.2 Å². The zero-order valence-corrected chi connectivity index (χ0v) is 15.4. The number of halogens is 3. The molecule has 3 heterocycles. The lowest BCUT2D eigenvalue weighted by Gasteiger charge is -2.34. The average molecular weight is 404 g/mol. The lowest BCUT2D eigenvalue weighted by molar-refractivity contribution is -0.130. The Labute approximate surface area is 154 Å². The zero-order chi connectivity index (χ0) is 19.7. The molecule has 0 radical (unpaired) electrons. The summed E-state index contributed by atoms with van der Waals surface area (Å²) >= 11 is 0. The molecule has 2 aromatic rings. The Kier molecular flexibility index (Phi) is 5.38. The van der Waals surface area contributed by atoms with Crippen LogP contribution in [0.25, 0.3) is 5.82 Å². The van der Waals surface area contributed by atoms with Gasteiger partial charge in [-0.2, -0.15) is 17.5 Å². The van der Waals surface area contributed by atoms with E-state index in [-0.39, 0.29) is 13.1 Å². The van der Waals surface area contributed by atoms with Crippen LogP contribution in [0.15, 0.2) is 24.8 Å². The van der Waals surface area contributed by atoms with Crippen molar-refractivity contribution in [1.29, 1.82) is 0 Å². The van der Waals surface area contributed by atoms with Gasteiger partial charge in [-0.15, -0.1) is 0 Å². The summed E-state index contributed by atoms with van der Waals surface area (Å²) in [5, 5.41) is 0. The van der Waals surface area contributed by atoms with Gasteiger partial charge in [0.1, 0.15) is 23.8 Å². The molecular weight excluding hydrogens is 385 g/mol. The van der Waals surface area contributed by atoms with Gasteiger partial charge >= 0.3 is 6.18 Å². The van der Waals surface area contributed by atoms with Crippen molar-refractivity contribution < 1.29 is 21.6 Å². The minimum atomic E-state index is -4.49. The largest absolute Gasteiger partial charge is 0.390 e. The summed E-state index contributed by atoms with van der Waals surface area (Å²) in [6.07, 6.45) is -0.846. The van der Waals surface area contributed by atoms with Crippen molar-refractivity contribution in [3.63, 3.8) is 0 Å². The Balaban J connectivity index is 1.67. The fourth-order valence-corrected chi connectivity index (χ4v) is 4.26. The number of sulfonamides is 1. The Morgan fingerprint density at radius 2 is 1.78 bits per heavy atom. The molecule has 1 aliphatic heterocycles. The summed E-state index contributed by atoms with van der Waals surface area (Å²) in [5.74, 6) is 0.902. The molecule has 0 atom stereocenters. The van der Waals surface area contributed by atoms with Gasteiger partial charge in [0.05, 0.1) is 12.2 Å². The van der Waals surface area contributed by atoms with E-state index in [0.29, 0.717) is 30.5 Å². The maximum Gasteiger partial charge on any atom is 0.390 e. The summed E-state index contributed by atoms with van der Waals surface area (Å²) in [4.78, 5) is 14.6. The van der Waals surface area contributed by atoms with Crippen molar-refractivity contribution >= 4 is 15.8 Å². The third-order valence-electron chi connectivity index (χ3n) is 4.18. The molecule has 0 unspecified atom stereocenters. The number of imidazole rings is 1. The Bertz CT molecular complexity index is 877. The number of rotatable bonds is 5. The van der Waals surface area contributed by atoms with Gasteiger partial charge in [-0.3, -0.25) is 4.57 Å². The highest BCUT2D eigenvalue weighted by Crippen LogP contribution is 2.23. The highest BCUT2D eigenvalue weighted by molar-refractivity contribution is 7.89. The Morgan fingerprint density at radius 3 is 2.37 bits per heavy atom. The molecule has 0 spiro atoms. The van der Waals surface area contributed by atoms with Crippen LogP contribution in [0.1, 0.15) is 12.2 Å². The number of piperazine rings is 1. The molecule has 1 aliphatic rings. The highest BCUT2D eigenvalue weighted by Gasteiger charge is 2.34. The van der Waals surface area contributed by atoms with Crippen LogP contribution in [0, 0.1) is 6.92 Å². The number of hydrogen-bond acceptors (Lipinski definition) is 6. The van der Waals surface area contributed by atoms with E-state index in [1.165, 1.54) is 0 Å². The van der Waals surface area contributed by atoms with E-state index in [4.69, 9.17) is 0 Å². The van der Waals surface area contributed by atoms with E-state index >= 15 is 0 Å². The summed E-state index contributed by atoms with van der Waals surface area (Å²) in [5.41, 5.74) is 0. The lowest BCUT2D eigenvalue weighted by Crippen LogP contribution is -2.49. The van der Waals surface area contributed by atoms with Crippen molar-refractivity contribution in [2.45, 2.75) is 19.5 Å². The summed E-state index contributed by atoms with van der Waals surface area (Å²) in [6, 6.07) is 1.77. The van der Waals surface area contributed by atoms with Gasteiger partial charge in [0.2, 0.25) is 10.0 Å². The number of alkyl halides is 3. The van der Waals surface area contributed by atoms with Crippen molar-refractivity contribution in [1.82, 2.24) is 23.8 Å².